The Morgan fingerprint density at radius 3 is 2.43 bits per heavy atom. The minimum absolute atomic E-state index is 0.0365. The van der Waals surface area contributed by atoms with Crippen LogP contribution in [0.4, 0.5) is 9.59 Å². The van der Waals surface area contributed by atoms with Crippen LogP contribution in [-0.4, -0.2) is 136 Å². The van der Waals surface area contributed by atoms with Crippen LogP contribution < -0.4 is 10.6 Å². The summed E-state index contributed by atoms with van der Waals surface area (Å²) in [5.41, 5.74) is -2.04. The number of fused-ring (bicyclic) bond motifs is 1. The van der Waals surface area contributed by atoms with E-state index in [-0.39, 0.29) is 37.7 Å². The number of amides is 2. The number of hydrogen-bond acceptors (Lipinski definition) is 16. The van der Waals surface area contributed by atoms with Gasteiger partial charge < -0.3 is 49.1 Å². The topological polar surface area (TPSA) is 227 Å². The van der Waals surface area contributed by atoms with Crippen LogP contribution in [0.3, 0.4) is 0 Å². The van der Waals surface area contributed by atoms with E-state index in [1.54, 1.807) is 110 Å². The van der Waals surface area contributed by atoms with Gasteiger partial charge in [0.2, 0.25) is 0 Å². The Morgan fingerprint density at radius 1 is 1.03 bits per heavy atom. The summed E-state index contributed by atoms with van der Waals surface area (Å²) in [4.78, 5) is 84.3. The van der Waals surface area contributed by atoms with Crippen LogP contribution in [0.5, 0.6) is 0 Å². The number of ketones is 1. The van der Waals surface area contributed by atoms with Crippen LogP contribution >= 0.6 is 0 Å². The van der Waals surface area contributed by atoms with Gasteiger partial charge in [-0.3, -0.25) is 29.3 Å². The Morgan fingerprint density at radius 2 is 1.77 bits per heavy atom. The van der Waals surface area contributed by atoms with Gasteiger partial charge >= 0.3 is 24.1 Å². The Bertz CT molecular complexity index is 2010. The second kappa shape index (κ2) is 22.3. The lowest BCUT2D eigenvalue weighted by molar-refractivity contribution is -0.298. The van der Waals surface area contributed by atoms with Crippen molar-refractivity contribution in [2.24, 2.45) is 23.7 Å². The number of cyclic esters (lactones) is 1. The maximum Gasteiger partial charge on any atom is 0.408 e. The smallest absolute Gasteiger partial charge is 0.408 e. The van der Waals surface area contributed by atoms with Crippen molar-refractivity contribution in [3.8, 4) is 0 Å². The fourth-order valence-corrected chi connectivity index (χ4v) is 9.39. The maximum atomic E-state index is 14.7. The van der Waals surface area contributed by atoms with E-state index in [9.17, 15) is 29.1 Å². The van der Waals surface area contributed by atoms with E-state index in [4.69, 9.17) is 28.4 Å². The number of Topliss-reactive ketones (excluding diaryl/α,β-unsaturated/α-hetero) is 1. The number of hydrogen-bond donors (Lipinski definition) is 3. The van der Waals surface area contributed by atoms with Crippen molar-refractivity contribution in [3.05, 3.63) is 72.6 Å². The molecule has 3 aliphatic rings. The molecule has 0 spiro atoms. The SMILES string of the molecule is CC[C@H]1OC(=O)[C@H](C)[C@@H](OC(=O)Cc2cccnc2)[C@H](C)[C@@H](O[C@@H]2O[C@H](C)C[C@H](N(C)C)[C@H]2O)[C@](C)(OC(=O)NC/C=C/C=C/c2cnccn2)C[C@@H](C)C(=O)[C@H](C)[C@H]2NC(=O)O[C@@]21C. The molecule has 0 aromatic carbocycles. The van der Waals surface area contributed by atoms with Gasteiger partial charge in [0.25, 0.3) is 0 Å². The van der Waals surface area contributed by atoms with Crippen LogP contribution in [0, 0.1) is 23.7 Å². The van der Waals surface area contributed by atoms with Crippen LogP contribution in [0.1, 0.15) is 85.9 Å². The summed E-state index contributed by atoms with van der Waals surface area (Å²) >= 11 is 0. The van der Waals surface area contributed by atoms with Crippen molar-refractivity contribution in [3.63, 3.8) is 0 Å². The number of rotatable bonds is 12. The van der Waals surface area contributed by atoms with Crippen LogP contribution in [0.2, 0.25) is 0 Å². The number of carbonyl (C=O) groups excluding carboxylic acids is 5. The lowest BCUT2D eigenvalue weighted by atomic mass is 9.73. The fourth-order valence-electron chi connectivity index (χ4n) is 9.39. The predicted molar refractivity (Wildman–Crippen MR) is 236 cm³/mol. The van der Waals surface area contributed by atoms with E-state index in [0.717, 1.165) is 0 Å². The summed E-state index contributed by atoms with van der Waals surface area (Å²) in [5.74, 6) is -5.77. The number of ether oxygens (including phenoxy) is 6. The zero-order chi connectivity index (χ0) is 47.6. The molecule has 0 bridgehead atoms. The number of aliphatic hydroxyl groups excluding tert-OH is 1. The average molecular weight is 907 g/mol. The molecular formula is C47H66N6O12. The molecule has 65 heavy (non-hydrogen) atoms. The number of pyridine rings is 1. The van der Waals surface area contributed by atoms with Crippen LogP contribution in [-0.2, 0) is 49.2 Å². The first-order valence-electron chi connectivity index (χ1n) is 22.3. The van der Waals surface area contributed by atoms with Crippen molar-refractivity contribution in [2.45, 2.75) is 141 Å². The lowest BCUT2D eigenvalue weighted by Gasteiger charge is -2.48. The average Bonchev–Trinajstić information content (AvgIpc) is 3.58. The Kier molecular flexibility index (Phi) is 17.4. The molecule has 2 amide bonds. The lowest BCUT2D eigenvalue weighted by Crippen LogP contribution is -2.61. The first-order valence-corrected chi connectivity index (χ1v) is 22.3. The number of likely N-dealkylation sites (N-methyl/N-ethyl adjacent to an activating group) is 1. The molecule has 5 heterocycles. The normalized spacial score (nSPS) is 34.9. The number of alkyl carbamates (subject to hydrolysis) is 2. The first-order chi connectivity index (χ1) is 30.8. The highest BCUT2D eigenvalue weighted by Crippen LogP contribution is 2.42. The van der Waals surface area contributed by atoms with Gasteiger partial charge in [0.05, 0.1) is 36.4 Å². The van der Waals surface area contributed by atoms with Gasteiger partial charge in [-0.15, -0.1) is 0 Å². The molecule has 18 nitrogen and oxygen atoms in total. The van der Waals surface area contributed by atoms with E-state index in [1.807, 2.05) is 25.9 Å². The minimum atomic E-state index is -1.77. The highest BCUT2D eigenvalue weighted by molar-refractivity contribution is 5.85. The Labute approximate surface area is 381 Å². The molecule has 0 aliphatic carbocycles. The summed E-state index contributed by atoms with van der Waals surface area (Å²) in [7, 11) is 3.66. The summed E-state index contributed by atoms with van der Waals surface area (Å²) in [6.45, 7) is 13.5. The third-order valence-corrected chi connectivity index (χ3v) is 12.8. The number of aromatic nitrogens is 3. The van der Waals surface area contributed by atoms with Crippen LogP contribution in [0.15, 0.2) is 61.3 Å². The van der Waals surface area contributed by atoms with Gasteiger partial charge in [-0.05, 0) is 78.8 Å². The zero-order valence-corrected chi connectivity index (χ0v) is 39.0. The molecule has 356 valence electrons. The maximum absolute atomic E-state index is 14.7. The molecular weight excluding hydrogens is 841 g/mol. The number of esters is 2. The molecule has 2 aromatic heterocycles. The summed E-state index contributed by atoms with van der Waals surface area (Å²) in [5, 5.41) is 17.3. The zero-order valence-electron chi connectivity index (χ0n) is 39.0. The third kappa shape index (κ3) is 12.5. The molecule has 3 aliphatic heterocycles. The highest BCUT2D eigenvalue weighted by atomic mass is 16.7. The van der Waals surface area contributed by atoms with Gasteiger partial charge in [-0.1, -0.05) is 52.0 Å². The fraction of sp³-hybridized carbons (Fsp3) is 0.617. The number of allylic oxidation sites excluding steroid dienone is 2. The predicted octanol–water partition coefficient (Wildman–Crippen LogP) is 4.60. The number of nitrogens with one attached hydrogen (secondary N) is 2. The second-order valence-corrected chi connectivity index (χ2v) is 18.1. The first kappa shape index (κ1) is 50.7. The Balaban J connectivity index is 1.60. The van der Waals surface area contributed by atoms with Crippen molar-refractivity contribution >= 4 is 36.0 Å². The molecule has 14 atom stereocenters. The van der Waals surface area contributed by atoms with Crippen molar-refractivity contribution in [1.82, 2.24) is 30.5 Å². The van der Waals surface area contributed by atoms with Crippen LogP contribution in [0.25, 0.3) is 6.08 Å². The van der Waals surface area contributed by atoms with Gasteiger partial charge in [0.1, 0.15) is 35.8 Å². The molecule has 2 aromatic rings. The van der Waals surface area contributed by atoms with Gasteiger partial charge in [-0.25, -0.2) is 9.59 Å². The number of aliphatic hydroxyl groups is 1. The molecule has 3 saturated heterocycles. The standard InChI is InChI=1S/C47H66N6O12/c1-11-35-47(8)40(52-45(59)65-47)29(4)37(55)27(2)24-46(7,64-44(58)51-19-14-12-13-17-33-26-49-20-21-50-33)41(63-43-38(56)34(53(9)10)22-28(3)60-43)30(5)39(31(6)42(57)61-35)62-36(54)23-32-16-15-18-48-25-32/h12-18,20-21,25-31,34-35,38-41,43,56H,11,19,22-24H2,1-10H3,(H,51,58)(H,52,59)/b14-12+,17-13+/t27-,28-,29+,30+,31-,34+,35-,38-,39+,40-,41-,43+,46-,47-/m1/s1. The molecule has 0 saturated carbocycles. The molecule has 0 unspecified atom stereocenters. The van der Waals surface area contributed by atoms with Gasteiger partial charge in [0.15, 0.2) is 11.9 Å². The van der Waals surface area contributed by atoms with Crippen molar-refractivity contribution in [1.29, 1.82) is 0 Å². The van der Waals surface area contributed by atoms with Gasteiger partial charge in [0, 0.05) is 55.1 Å². The monoisotopic (exact) mass is 906 g/mol. The molecule has 18 heteroatoms. The van der Waals surface area contributed by atoms with E-state index in [2.05, 4.69) is 25.6 Å². The summed E-state index contributed by atoms with van der Waals surface area (Å²) in [6, 6.07) is 2.06. The Hall–Kier alpha value is -5.30. The van der Waals surface area contributed by atoms with Crippen molar-refractivity contribution < 1.29 is 57.5 Å². The van der Waals surface area contributed by atoms with Crippen molar-refractivity contribution in [2.75, 3.05) is 20.6 Å². The molecule has 3 N–H and O–H groups in total. The number of carbonyl (C=O) groups is 5. The second-order valence-electron chi connectivity index (χ2n) is 18.1. The highest BCUT2D eigenvalue weighted by Gasteiger charge is 2.58. The summed E-state index contributed by atoms with van der Waals surface area (Å²) in [6.07, 6.45) is 6.84. The molecule has 5 rings (SSSR count). The van der Waals surface area contributed by atoms with Gasteiger partial charge in [-0.2, -0.15) is 0 Å². The number of nitrogens with zero attached hydrogens (tertiary/aromatic N) is 4. The van der Waals surface area contributed by atoms with E-state index >= 15 is 0 Å². The molecule has 0 radical (unpaired) electrons. The largest absolute Gasteiger partial charge is 0.461 e. The summed E-state index contributed by atoms with van der Waals surface area (Å²) < 4.78 is 37.8. The minimum Gasteiger partial charge on any atom is -0.461 e. The van der Waals surface area contributed by atoms with E-state index in [1.165, 1.54) is 6.20 Å². The van der Waals surface area contributed by atoms with E-state index < -0.39 is 102 Å². The molecule has 3 fully saturated rings. The quantitative estimate of drug-likeness (QED) is 0.150. The third-order valence-electron chi connectivity index (χ3n) is 12.8. The van der Waals surface area contributed by atoms with E-state index in [0.29, 0.717) is 17.7 Å².